The van der Waals surface area contributed by atoms with Gasteiger partial charge in [0.1, 0.15) is 11.1 Å². The first-order valence-corrected chi connectivity index (χ1v) is 8.91. The second-order valence-electron chi connectivity index (χ2n) is 5.87. The Morgan fingerprint density at radius 1 is 1.15 bits per heavy atom. The number of allylic oxidation sites excluding steroid dienone is 1. The minimum atomic E-state index is -0.764. The van der Waals surface area contributed by atoms with Crippen molar-refractivity contribution in [1.29, 1.82) is 0 Å². The molecule has 1 aliphatic heterocycles. The Kier molecular flexibility index (Phi) is 4.08. The Hall–Kier alpha value is -2.93. The molecule has 0 fully saturated rings. The van der Waals surface area contributed by atoms with Gasteiger partial charge in [0.05, 0.1) is 5.88 Å². The highest BCUT2D eigenvalue weighted by molar-refractivity contribution is 8.03. The van der Waals surface area contributed by atoms with E-state index < -0.39 is 11.6 Å². The quantitative estimate of drug-likeness (QED) is 0.645. The summed E-state index contributed by atoms with van der Waals surface area (Å²) in [5, 5.41) is 0.901. The molecule has 0 amide bonds. The van der Waals surface area contributed by atoms with Crippen molar-refractivity contribution in [3.05, 3.63) is 69.2 Å². The lowest BCUT2D eigenvalue weighted by Crippen LogP contribution is -2.21. The van der Waals surface area contributed by atoms with Crippen molar-refractivity contribution in [3.8, 4) is 11.5 Å². The van der Waals surface area contributed by atoms with Crippen LogP contribution in [0, 0.1) is 0 Å². The number of furan rings is 1. The minimum Gasteiger partial charge on any atom is -0.453 e. The van der Waals surface area contributed by atoms with Crippen LogP contribution in [0.5, 0.6) is 0 Å². The molecule has 7 heteroatoms. The van der Waals surface area contributed by atoms with Gasteiger partial charge in [0.2, 0.25) is 5.88 Å². The Bertz CT molecular complexity index is 1060. The second kappa shape index (κ2) is 6.42. The standard InChI is InChI=1S/C19H15NO5S/c1-11-17(20(2)10-26-11)25-19(22)13-7-8-15(24-18(13)21)16-9-12-5-3-4-6-14(12)23-16/h3-9H,10H2,1-2H3. The van der Waals surface area contributed by atoms with E-state index in [0.29, 0.717) is 23.1 Å². The van der Waals surface area contributed by atoms with Crippen molar-refractivity contribution in [1.82, 2.24) is 4.90 Å². The number of carbonyl (C=O) groups is 1. The van der Waals surface area contributed by atoms with E-state index in [1.807, 2.05) is 43.1 Å². The van der Waals surface area contributed by atoms with Gasteiger partial charge in [-0.3, -0.25) is 0 Å². The lowest BCUT2D eigenvalue weighted by Gasteiger charge is -2.14. The van der Waals surface area contributed by atoms with E-state index in [4.69, 9.17) is 13.6 Å². The van der Waals surface area contributed by atoms with E-state index in [1.54, 1.807) is 17.8 Å². The van der Waals surface area contributed by atoms with Crippen LogP contribution < -0.4 is 5.63 Å². The monoisotopic (exact) mass is 369 g/mol. The fraction of sp³-hybridized carbons (Fsp3) is 0.158. The predicted octanol–water partition coefficient (Wildman–Crippen LogP) is 4.03. The van der Waals surface area contributed by atoms with E-state index in [-0.39, 0.29) is 11.3 Å². The fourth-order valence-electron chi connectivity index (χ4n) is 2.68. The Labute approximate surface area is 153 Å². The maximum absolute atomic E-state index is 12.3. The first kappa shape index (κ1) is 16.5. The van der Waals surface area contributed by atoms with Gasteiger partial charge in [-0.05, 0) is 31.2 Å². The van der Waals surface area contributed by atoms with Crippen LogP contribution in [-0.4, -0.2) is 23.8 Å². The number of rotatable bonds is 3. The van der Waals surface area contributed by atoms with E-state index in [2.05, 4.69) is 0 Å². The summed E-state index contributed by atoms with van der Waals surface area (Å²) in [6.45, 7) is 1.87. The van der Waals surface area contributed by atoms with E-state index >= 15 is 0 Å². The molecule has 0 N–H and O–H groups in total. The molecule has 4 rings (SSSR count). The third-order valence-corrected chi connectivity index (χ3v) is 5.15. The molecule has 1 aliphatic rings. The molecule has 3 heterocycles. The van der Waals surface area contributed by atoms with Crippen LogP contribution in [0.1, 0.15) is 17.3 Å². The second-order valence-corrected chi connectivity index (χ2v) is 7.03. The maximum Gasteiger partial charge on any atom is 0.352 e. The molecular formula is C19H15NO5S. The Balaban J connectivity index is 1.62. The molecule has 0 spiro atoms. The van der Waals surface area contributed by atoms with E-state index in [9.17, 15) is 9.59 Å². The average Bonchev–Trinajstić information content (AvgIpc) is 3.20. The minimum absolute atomic E-state index is 0.157. The zero-order valence-corrected chi connectivity index (χ0v) is 15.0. The van der Waals surface area contributed by atoms with Crippen LogP contribution >= 0.6 is 11.8 Å². The van der Waals surface area contributed by atoms with Gasteiger partial charge in [-0.15, -0.1) is 11.8 Å². The lowest BCUT2D eigenvalue weighted by molar-refractivity contribution is 0.0532. The first-order valence-electron chi connectivity index (χ1n) is 7.93. The molecule has 1 aromatic carbocycles. The van der Waals surface area contributed by atoms with Crippen LogP contribution in [0.15, 0.2) is 66.9 Å². The number of benzene rings is 1. The SMILES string of the molecule is CC1=C(OC(=O)c2ccc(-c3cc4ccccc4o3)oc2=O)N(C)CS1. The molecule has 6 nitrogen and oxygen atoms in total. The van der Waals surface area contributed by atoms with Crippen LogP contribution in [-0.2, 0) is 4.74 Å². The summed E-state index contributed by atoms with van der Waals surface area (Å²) in [4.78, 5) is 27.3. The molecule has 0 saturated carbocycles. The van der Waals surface area contributed by atoms with Crippen LogP contribution in [0.4, 0.5) is 0 Å². The summed E-state index contributed by atoms with van der Waals surface area (Å²) in [7, 11) is 1.82. The molecule has 0 atom stereocenters. The number of thioether (sulfide) groups is 1. The van der Waals surface area contributed by atoms with Crippen molar-refractivity contribution in [3.63, 3.8) is 0 Å². The van der Waals surface area contributed by atoms with Gasteiger partial charge in [0.25, 0.3) is 0 Å². The summed E-state index contributed by atoms with van der Waals surface area (Å²) in [6.07, 6.45) is 0. The van der Waals surface area contributed by atoms with Gasteiger partial charge < -0.3 is 18.5 Å². The van der Waals surface area contributed by atoms with Gasteiger partial charge in [0, 0.05) is 17.3 Å². The van der Waals surface area contributed by atoms with Gasteiger partial charge in [0.15, 0.2) is 11.5 Å². The zero-order chi connectivity index (χ0) is 18.3. The van der Waals surface area contributed by atoms with Gasteiger partial charge in [-0.1, -0.05) is 18.2 Å². The molecule has 3 aromatic rings. The first-order chi connectivity index (χ1) is 12.5. The summed E-state index contributed by atoms with van der Waals surface area (Å²) >= 11 is 1.57. The molecule has 0 radical (unpaired) electrons. The maximum atomic E-state index is 12.3. The number of hydrogen-bond acceptors (Lipinski definition) is 7. The number of para-hydroxylation sites is 1. The highest BCUT2D eigenvalue weighted by atomic mass is 32.2. The van der Waals surface area contributed by atoms with Crippen molar-refractivity contribution >= 4 is 28.7 Å². The average molecular weight is 369 g/mol. The van der Waals surface area contributed by atoms with Crippen LogP contribution in [0.3, 0.4) is 0 Å². The predicted molar refractivity (Wildman–Crippen MR) is 98.5 cm³/mol. The van der Waals surface area contributed by atoms with E-state index in [0.717, 1.165) is 10.3 Å². The third kappa shape index (κ3) is 2.90. The number of carbonyl (C=O) groups excluding carboxylic acids is 1. The highest BCUT2D eigenvalue weighted by Gasteiger charge is 2.24. The van der Waals surface area contributed by atoms with E-state index in [1.165, 1.54) is 12.1 Å². The third-order valence-electron chi connectivity index (χ3n) is 4.02. The molecule has 26 heavy (non-hydrogen) atoms. The molecule has 0 bridgehead atoms. The van der Waals surface area contributed by atoms with Crippen LogP contribution in [0.25, 0.3) is 22.5 Å². The lowest BCUT2D eigenvalue weighted by atomic mass is 10.2. The number of esters is 1. The Morgan fingerprint density at radius 3 is 2.65 bits per heavy atom. The smallest absolute Gasteiger partial charge is 0.352 e. The van der Waals surface area contributed by atoms with Gasteiger partial charge in [-0.25, -0.2) is 9.59 Å². The number of nitrogens with zero attached hydrogens (tertiary/aromatic N) is 1. The summed E-state index contributed by atoms with van der Waals surface area (Å²) in [5.74, 6) is 1.10. The van der Waals surface area contributed by atoms with Gasteiger partial charge >= 0.3 is 11.6 Å². The zero-order valence-electron chi connectivity index (χ0n) is 14.1. The number of ether oxygens (including phenoxy) is 1. The molecule has 2 aromatic heterocycles. The summed E-state index contributed by atoms with van der Waals surface area (Å²) < 4.78 is 16.3. The van der Waals surface area contributed by atoms with Gasteiger partial charge in [-0.2, -0.15) is 0 Å². The van der Waals surface area contributed by atoms with Crippen molar-refractivity contribution < 1.29 is 18.4 Å². The number of fused-ring (bicyclic) bond motifs is 1. The molecule has 0 unspecified atom stereocenters. The molecular weight excluding hydrogens is 354 g/mol. The van der Waals surface area contributed by atoms with Crippen molar-refractivity contribution in [2.75, 3.05) is 12.9 Å². The summed E-state index contributed by atoms with van der Waals surface area (Å²) in [6, 6.07) is 12.2. The number of hydrogen-bond donors (Lipinski definition) is 0. The molecule has 0 aliphatic carbocycles. The fourth-order valence-corrected chi connectivity index (χ4v) is 3.50. The van der Waals surface area contributed by atoms with Crippen LogP contribution in [0.2, 0.25) is 0 Å². The van der Waals surface area contributed by atoms with Crippen molar-refractivity contribution in [2.45, 2.75) is 6.92 Å². The normalized spacial score (nSPS) is 14.3. The topological polar surface area (TPSA) is 72.9 Å². The summed E-state index contributed by atoms with van der Waals surface area (Å²) in [5.41, 5.74) is -0.229. The highest BCUT2D eigenvalue weighted by Crippen LogP contribution is 2.31. The molecule has 0 saturated heterocycles. The van der Waals surface area contributed by atoms with Crippen molar-refractivity contribution in [2.24, 2.45) is 0 Å². The largest absolute Gasteiger partial charge is 0.453 e. The Morgan fingerprint density at radius 2 is 1.96 bits per heavy atom. The molecule has 132 valence electrons.